The van der Waals surface area contributed by atoms with E-state index >= 15 is 0 Å². The lowest BCUT2D eigenvalue weighted by Gasteiger charge is -2.21. The highest BCUT2D eigenvalue weighted by Crippen LogP contribution is 2.38. The molecule has 0 fully saturated rings. The van der Waals surface area contributed by atoms with Gasteiger partial charge in [-0.25, -0.2) is 4.67 Å². The van der Waals surface area contributed by atoms with Gasteiger partial charge < -0.3 is 9.63 Å². The van der Waals surface area contributed by atoms with Crippen molar-refractivity contribution >= 4 is 24.2 Å². The van der Waals surface area contributed by atoms with Crippen LogP contribution in [0.4, 0.5) is 0 Å². The minimum absolute atomic E-state index is 0.0424. The highest BCUT2D eigenvalue weighted by atomic mass is 32.4. The molecule has 0 aromatic heterocycles. The zero-order valence-corrected chi connectivity index (χ0v) is 8.48. The number of carbonyl (C=O) groups excluding carboxylic acids is 1. The van der Waals surface area contributed by atoms with Gasteiger partial charge >= 0.3 is 5.97 Å². The summed E-state index contributed by atoms with van der Waals surface area (Å²) in [5.41, 5.74) is 0. The lowest BCUT2D eigenvalue weighted by molar-refractivity contribution is -0.140. The third kappa shape index (κ3) is 4.48. The fraction of sp³-hybridized carbons (Fsp3) is 0.800. The molecule has 0 aliphatic rings. The molecule has 0 spiro atoms. The van der Waals surface area contributed by atoms with Crippen molar-refractivity contribution in [2.24, 2.45) is 0 Å². The summed E-state index contributed by atoms with van der Waals surface area (Å²) in [6.07, 6.45) is -2.46. The standard InChI is InChI=1S/C5H12NO3PS/c1-6(10(3,8)11)4-5(7)9-2/h4H2,1-3H3,(H,8,11). The molecule has 6 heteroatoms. The summed E-state index contributed by atoms with van der Waals surface area (Å²) in [5, 5.41) is 0. The summed E-state index contributed by atoms with van der Waals surface area (Å²) in [7, 11) is 2.89. The van der Waals surface area contributed by atoms with Gasteiger partial charge in [0.1, 0.15) is 13.0 Å². The first-order valence-corrected chi connectivity index (χ1v) is 6.12. The predicted molar refractivity (Wildman–Crippen MR) is 47.1 cm³/mol. The molecule has 0 heterocycles. The van der Waals surface area contributed by atoms with Crippen molar-refractivity contribution in [3.63, 3.8) is 0 Å². The monoisotopic (exact) mass is 197 g/mol. The summed E-state index contributed by atoms with van der Waals surface area (Å²) in [6.45, 7) is 1.58. The van der Waals surface area contributed by atoms with Crippen molar-refractivity contribution in [1.29, 1.82) is 0 Å². The molecule has 0 saturated heterocycles. The van der Waals surface area contributed by atoms with E-state index in [4.69, 9.17) is 11.8 Å². The molecule has 0 aliphatic heterocycles. The van der Waals surface area contributed by atoms with Crippen LogP contribution in [0.5, 0.6) is 0 Å². The van der Waals surface area contributed by atoms with Crippen LogP contribution in [0.25, 0.3) is 0 Å². The minimum Gasteiger partial charge on any atom is -0.468 e. The Morgan fingerprint density at radius 1 is 1.82 bits per heavy atom. The number of hydrogen-bond donors (Lipinski definition) is 1. The van der Waals surface area contributed by atoms with Crippen molar-refractivity contribution in [3.05, 3.63) is 0 Å². The lowest BCUT2D eigenvalue weighted by Crippen LogP contribution is -2.23. The topological polar surface area (TPSA) is 49.8 Å². The van der Waals surface area contributed by atoms with Crippen LogP contribution in [0.2, 0.25) is 0 Å². The van der Waals surface area contributed by atoms with Gasteiger partial charge in [0.15, 0.2) is 0 Å². The fourth-order valence-electron chi connectivity index (χ4n) is 0.383. The van der Waals surface area contributed by atoms with Gasteiger partial charge in [-0.1, -0.05) is 11.8 Å². The first-order valence-electron chi connectivity index (χ1n) is 2.96. The van der Waals surface area contributed by atoms with Gasteiger partial charge in [0.05, 0.1) is 7.11 Å². The van der Waals surface area contributed by atoms with Gasteiger partial charge in [-0.05, 0) is 7.05 Å². The minimum atomic E-state index is -2.46. The average molecular weight is 197 g/mol. The molecule has 0 bridgehead atoms. The molecule has 0 aromatic carbocycles. The van der Waals surface area contributed by atoms with E-state index in [1.165, 1.54) is 18.4 Å². The molecule has 66 valence electrons. The number of likely N-dealkylation sites (N-methyl/N-ethyl adjacent to an activating group) is 1. The van der Waals surface area contributed by atoms with Crippen LogP contribution in [-0.4, -0.2) is 42.9 Å². The molecule has 0 saturated carbocycles. The van der Waals surface area contributed by atoms with Crippen LogP contribution < -0.4 is 0 Å². The molecule has 0 aliphatic carbocycles. The molecule has 0 rings (SSSR count). The molecule has 11 heavy (non-hydrogen) atoms. The molecule has 1 N–H and O–H groups in total. The van der Waals surface area contributed by atoms with E-state index in [0.29, 0.717) is 0 Å². The number of carbonyl (C=O) groups is 1. The molecule has 4 nitrogen and oxygen atoms in total. The van der Waals surface area contributed by atoms with Crippen molar-refractivity contribution in [3.8, 4) is 0 Å². The number of ether oxygens (including phenoxy) is 1. The van der Waals surface area contributed by atoms with Crippen LogP contribution in [0.1, 0.15) is 0 Å². The number of methoxy groups -OCH3 is 1. The first-order chi connectivity index (χ1) is 4.88. The number of esters is 1. The average Bonchev–Trinajstić information content (AvgIpc) is 1.85. The van der Waals surface area contributed by atoms with Crippen LogP contribution >= 0.6 is 6.42 Å². The van der Waals surface area contributed by atoms with E-state index in [1.807, 2.05) is 0 Å². The van der Waals surface area contributed by atoms with Crippen LogP contribution in [0.3, 0.4) is 0 Å². The van der Waals surface area contributed by atoms with Crippen molar-refractivity contribution in [2.45, 2.75) is 0 Å². The summed E-state index contributed by atoms with van der Waals surface area (Å²) in [4.78, 5) is 19.9. The second-order valence-corrected chi connectivity index (χ2v) is 6.66. The Kier molecular flexibility index (Phi) is 4.18. The number of nitrogens with zero attached hydrogens (tertiary/aromatic N) is 1. The molecular weight excluding hydrogens is 185 g/mol. The highest BCUT2D eigenvalue weighted by molar-refractivity contribution is 8.10. The van der Waals surface area contributed by atoms with Gasteiger partial charge in [0, 0.05) is 6.66 Å². The summed E-state index contributed by atoms with van der Waals surface area (Å²) in [6, 6.07) is 0. The zero-order chi connectivity index (χ0) is 9.07. The first kappa shape index (κ1) is 11.0. The largest absolute Gasteiger partial charge is 0.468 e. The fourth-order valence-corrected chi connectivity index (χ4v) is 0.934. The highest BCUT2D eigenvalue weighted by Gasteiger charge is 2.15. The third-order valence-corrected chi connectivity index (χ3v) is 3.46. The van der Waals surface area contributed by atoms with Gasteiger partial charge in [0.25, 0.3) is 0 Å². The molecule has 0 amide bonds. The van der Waals surface area contributed by atoms with Crippen LogP contribution in [0.15, 0.2) is 0 Å². The van der Waals surface area contributed by atoms with Gasteiger partial charge in [-0.3, -0.25) is 4.79 Å². The predicted octanol–water partition coefficient (Wildman–Crippen LogP) is 0.0228. The third-order valence-electron chi connectivity index (χ3n) is 1.22. The normalized spacial score (nSPS) is 16.1. The maximum Gasteiger partial charge on any atom is 0.320 e. The van der Waals surface area contributed by atoms with E-state index in [-0.39, 0.29) is 6.54 Å². The van der Waals surface area contributed by atoms with Gasteiger partial charge in [0.2, 0.25) is 0 Å². The maximum absolute atomic E-state index is 10.7. The Morgan fingerprint density at radius 2 is 2.27 bits per heavy atom. The van der Waals surface area contributed by atoms with E-state index in [1.54, 1.807) is 7.05 Å². The Hall–Kier alpha value is 0.0400. The van der Waals surface area contributed by atoms with Crippen molar-refractivity contribution < 1.29 is 14.4 Å². The Balaban J connectivity index is 3.98. The summed E-state index contributed by atoms with van der Waals surface area (Å²) < 4.78 is 5.82. The van der Waals surface area contributed by atoms with Gasteiger partial charge in [-0.15, -0.1) is 0 Å². The van der Waals surface area contributed by atoms with E-state index < -0.39 is 12.4 Å². The van der Waals surface area contributed by atoms with E-state index in [9.17, 15) is 9.69 Å². The van der Waals surface area contributed by atoms with E-state index in [2.05, 4.69) is 4.74 Å². The molecular formula is C5H12NO3PS. The molecule has 0 radical (unpaired) electrons. The molecule has 0 aromatic rings. The Bertz CT molecular complexity index is 190. The zero-order valence-electron chi connectivity index (χ0n) is 6.77. The van der Waals surface area contributed by atoms with Gasteiger partial charge in [-0.2, -0.15) is 0 Å². The summed E-state index contributed by atoms with van der Waals surface area (Å²) >= 11 is 4.76. The Labute approximate surface area is 71.3 Å². The van der Waals surface area contributed by atoms with Crippen molar-refractivity contribution in [2.75, 3.05) is 27.4 Å². The molecule has 1 atom stereocenters. The van der Waals surface area contributed by atoms with E-state index in [0.717, 1.165) is 0 Å². The second kappa shape index (κ2) is 4.16. The second-order valence-electron chi connectivity index (χ2n) is 2.23. The summed E-state index contributed by atoms with van der Waals surface area (Å²) in [5.74, 6) is -0.391. The SMILES string of the molecule is COC(=O)CN(C)P(C)(O)=S. The number of hydrogen-bond acceptors (Lipinski definition) is 3. The van der Waals surface area contributed by atoms with Crippen LogP contribution in [0, 0.1) is 0 Å². The Morgan fingerprint density at radius 3 is 2.55 bits per heavy atom. The van der Waals surface area contributed by atoms with Crippen LogP contribution in [-0.2, 0) is 21.3 Å². The number of rotatable bonds is 3. The maximum atomic E-state index is 10.7. The quantitative estimate of drug-likeness (QED) is 0.510. The molecule has 1 unspecified atom stereocenters. The van der Waals surface area contributed by atoms with Crippen molar-refractivity contribution in [1.82, 2.24) is 4.67 Å². The lowest BCUT2D eigenvalue weighted by atomic mass is 10.7. The smallest absolute Gasteiger partial charge is 0.320 e.